The number of hydrogen-bond donors (Lipinski definition) is 1. The standard InChI is InChI=1S/C18H20N6S/c1-3-7-14(8-4-1)18-23-22-17(25-18)12-19-15-11-16(21-13-20-15)24-9-5-2-6-10-24/h1,3-4,7-8,11,13H,2,5-6,9-10,12H2,(H,19,20,21). The van der Waals surface area contributed by atoms with Crippen molar-refractivity contribution in [3.63, 3.8) is 0 Å². The van der Waals surface area contributed by atoms with Gasteiger partial charge >= 0.3 is 0 Å². The summed E-state index contributed by atoms with van der Waals surface area (Å²) in [5, 5.41) is 13.8. The Labute approximate surface area is 151 Å². The molecule has 128 valence electrons. The summed E-state index contributed by atoms with van der Waals surface area (Å²) >= 11 is 1.60. The first-order valence-electron chi connectivity index (χ1n) is 8.57. The molecule has 2 aromatic heterocycles. The molecule has 0 bridgehead atoms. The molecule has 25 heavy (non-hydrogen) atoms. The van der Waals surface area contributed by atoms with Crippen molar-refractivity contribution >= 4 is 23.0 Å². The summed E-state index contributed by atoms with van der Waals surface area (Å²) in [7, 11) is 0. The average Bonchev–Trinajstić information content (AvgIpc) is 3.17. The van der Waals surface area contributed by atoms with Gasteiger partial charge in [-0.3, -0.25) is 0 Å². The van der Waals surface area contributed by atoms with Gasteiger partial charge in [-0.15, -0.1) is 10.2 Å². The van der Waals surface area contributed by atoms with Gasteiger partial charge in [-0.05, 0) is 19.3 Å². The largest absolute Gasteiger partial charge is 0.363 e. The van der Waals surface area contributed by atoms with Crippen molar-refractivity contribution in [2.24, 2.45) is 0 Å². The molecule has 4 rings (SSSR count). The number of benzene rings is 1. The lowest BCUT2D eigenvalue weighted by atomic mass is 10.1. The lowest BCUT2D eigenvalue weighted by molar-refractivity contribution is 0.573. The van der Waals surface area contributed by atoms with Crippen molar-refractivity contribution in [1.82, 2.24) is 20.2 Å². The van der Waals surface area contributed by atoms with Gasteiger partial charge in [0.25, 0.3) is 0 Å². The third kappa shape index (κ3) is 3.93. The van der Waals surface area contributed by atoms with E-state index in [1.54, 1.807) is 17.7 Å². The second-order valence-corrected chi connectivity index (χ2v) is 7.09. The maximum absolute atomic E-state index is 4.41. The van der Waals surface area contributed by atoms with Crippen molar-refractivity contribution in [2.45, 2.75) is 25.8 Å². The second kappa shape index (κ2) is 7.57. The Morgan fingerprint density at radius 1 is 1.00 bits per heavy atom. The first-order chi connectivity index (χ1) is 12.4. The lowest BCUT2D eigenvalue weighted by Gasteiger charge is -2.27. The normalized spacial score (nSPS) is 14.5. The molecule has 0 aliphatic carbocycles. The molecule has 1 saturated heterocycles. The number of nitrogens with zero attached hydrogens (tertiary/aromatic N) is 5. The van der Waals surface area contributed by atoms with Crippen LogP contribution in [0.25, 0.3) is 10.6 Å². The summed E-state index contributed by atoms with van der Waals surface area (Å²) in [6.07, 6.45) is 5.41. The van der Waals surface area contributed by atoms with E-state index in [2.05, 4.69) is 30.4 Å². The smallest absolute Gasteiger partial charge is 0.147 e. The molecule has 0 spiro atoms. The van der Waals surface area contributed by atoms with Crippen molar-refractivity contribution in [3.05, 3.63) is 47.7 Å². The van der Waals surface area contributed by atoms with Crippen LogP contribution in [0.1, 0.15) is 24.3 Å². The van der Waals surface area contributed by atoms with E-state index in [4.69, 9.17) is 0 Å². The first-order valence-corrected chi connectivity index (χ1v) is 9.39. The lowest BCUT2D eigenvalue weighted by Crippen LogP contribution is -2.30. The van der Waals surface area contributed by atoms with Crippen LogP contribution in [0.15, 0.2) is 42.7 Å². The Hall–Kier alpha value is -2.54. The molecule has 7 heteroatoms. The molecule has 3 aromatic rings. The molecule has 1 aliphatic rings. The molecule has 1 fully saturated rings. The predicted octanol–water partition coefficient (Wildman–Crippen LogP) is 3.60. The van der Waals surface area contributed by atoms with Crippen LogP contribution in [0.2, 0.25) is 0 Å². The van der Waals surface area contributed by atoms with E-state index >= 15 is 0 Å². The molecule has 1 aromatic carbocycles. The van der Waals surface area contributed by atoms with Crippen molar-refractivity contribution < 1.29 is 0 Å². The minimum atomic E-state index is 0.612. The minimum absolute atomic E-state index is 0.612. The summed E-state index contributed by atoms with van der Waals surface area (Å²) in [6.45, 7) is 2.77. The molecule has 3 heterocycles. The first kappa shape index (κ1) is 16.0. The number of rotatable bonds is 5. The maximum atomic E-state index is 4.41. The van der Waals surface area contributed by atoms with Gasteiger partial charge in [0.2, 0.25) is 0 Å². The fraction of sp³-hybridized carbons (Fsp3) is 0.333. The molecule has 0 amide bonds. The van der Waals surface area contributed by atoms with Gasteiger partial charge in [-0.25, -0.2) is 9.97 Å². The van der Waals surface area contributed by atoms with Crippen LogP contribution < -0.4 is 10.2 Å². The summed E-state index contributed by atoms with van der Waals surface area (Å²) < 4.78 is 0. The van der Waals surface area contributed by atoms with Gasteiger partial charge in [-0.2, -0.15) is 0 Å². The molecule has 0 atom stereocenters. The van der Waals surface area contributed by atoms with Gasteiger partial charge in [0.1, 0.15) is 28.0 Å². The van der Waals surface area contributed by atoms with Gasteiger partial charge < -0.3 is 10.2 Å². The quantitative estimate of drug-likeness (QED) is 0.757. The van der Waals surface area contributed by atoms with Gasteiger partial charge in [0.05, 0.1) is 6.54 Å². The van der Waals surface area contributed by atoms with Crippen molar-refractivity contribution in [3.8, 4) is 10.6 Å². The zero-order valence-electron chi connectivity index (χ0n) is 13.9. The Morgan fingerprint density at radius 2 is 1.84 bits per heavy atom. The molecule has 1 N–H and O–H groups in total. The highest BCUT2D eigenvalue weighted by atomic mass is 32.1. The molecular formula is C18H20N6S. The SMILES string of the molecule is c1ccc(-c2nnc(CNc3cc(N4CCCCC4)ncn3)s2)cc1. The van der Waals surface area contributed by atoms with Crippen LogP contribution in [0.4, 0.5) is 11.6 Å². The van der Waals surface area contributed by atoms with E-state index in [9.17, 15) is 0 Å². The van der Waals surface area contributed by atoms with E-state index in [0.29, 0.717) is 6.54 Å². The van der Waals surface area contributed by atoms with Gasteiger partial charge in [0, 0.05) is 24.7 Å². The highest BCUT2D eigenvalue weighted by Gasteiger charge is 2.13. The monoisotopic (exact) mass is 352 g/mol. The number of hydrogen-bond acceptors (Lipinski definition) is 7. The fourth-order valence-electron chi connectivity index (χ4n) is 2.93. The Morgan fingerprint density at radius 3 is 2.68 bits per heavy atom. The number of anilines is 2. The highest BCUT2D eigenvalue weighted by Crippen LogP contribution is 2.24. The summed E-state index contributed by atoms with van der Waals surface area (Å²) in [4.78, 5) is 11.1. The molecule has 0 saturated carbocycles. The van der Waals surface area contributed by atoms with E-state index in [1.165, 1.54) is 19.3 Å². The van der Waals surface area contributed by atoms with Crippen molar-refractivity contribution in [2.75, 3.05) is 23.3 Å². The number of aromatic nitrogens is 4. The van der Waals surface area contributed by atoms with E-state index in [0.717, 1.165) is 40.3 Å². The molecule has 6 nitrogen and oxygen atoms in total. The average molecular weight is 352 g/mol. The Bertz CT molecular complexity index is 813. The zero-order chi connectivity index (χ0) is 16.9. The summed E-state index contributed by atoms with van der Waals surface area (Å²) in [6, 6.07) is 12.1. The van der Waals surface area contributed by atoms with Crippen LogP contribution in [-0.2, 0) is 6.54 Å². The third-order valence-electron chi connectivity index (χ3n) is 4.24. The summed E-state index contributed by atoms with van der Waals surface area (Å²) in [5.41, 5.74) is 1.10. The van der Waals surface area contributed by atoms with Crippen molar-refractivity contribution in [1.29, 1.82) is 0 Å². The van der Waals surface area contributed by atoms with E-state index in [1.807, 2.05) is 36.4 Å². The minimum Gasteiger partial charge on any atom is -0.363 e. The van der Waals surface area contributed by atoms with Gasteiger partial charge in [-0.1, -0.05) is 41.7 Å². The third-order valence-corrected chi connectivity index (χ3v) is 5.21. The Kier molecular flexibility index (Phi) is 4.83. The van der Waals surface area contributed by atoms with Crippen LogP contribution in [0.3, 0.4) is 0 Å². The number of piperidine rings is 1. The van der Waals surface area contributed by atoms with Crippen LogP contribution in [0, 0.1) is 0 Å². The van der Waals surface area contributed by atoms with Gasteiger partial charge in [0.15, 0.2) is 0 Å². The molecule has 0 unspecified atom stereocenters. The highest BCUT2D eigenvalue weighted by molar-refractivity contribution is 7.14. The maximum Gasteiger partial charge on any atom is 0.147 e. The fourth-order valence-corrected chi connectivity index (χ4v) is 3.71. The number of nitrogens with one attached hydrogen (secondary N) is 1. The molecular weight excluding hydrogens is 332 g/mol. The van der Waals surface area contributed by atoms with E-state index < -0.39 is 0 Å². The molecule has 1 aliphatic heterocycles. The Balaban J connectivity index is 1.41. The topological polar surface area (TPSA) is 66.8 Å². The zero-order valence-corrected chi connectivity index (χ0v) is 14.7. The molecule has 0 radical (unpaired) electrons. The van der Waals surface area contributed by atoms with Crippen LogP contribution in [-0.4, -0.2) is 33.3 Å². The van der Waals surface area contributed by atoms with Crippen LogP contribution in [0.5, 0.6) is 0 Å². The van der Waals surface area contributed by atoms with Crippen LogP contribution >= 0.6 is 11.3 Å². The van der Waals surface area contributed by atoms with E-state index in [-0.39, 0.29) is 0 Å². The predicted molar refractivity (Wildman–Crippen MR) is 101 cm³/mol. The summed E-state index contributed by atoms with van der Waals surface area (Å²) in [5.74, 6) is 1.83. The second-order valence-electron chi connectivity index (χ2n) is 6.03.